The molecule has 2 aliphatic heterocycles. The fourth-order valence-electron chi connectivity index (χ4n) is 4.94. The van der Waals surface area contributed by atoms with Crippen molar-refractivity contribution in [3.63, 3.8) is 0 Å². The Balaban J connectivity index is 1.71. The van der Waals surface area contributed by atoms with Crippen molar-refractivity contribution in [2.75, 3.05) is 46.0 Å². The van der Waals surface area contributed by atoms with E-state index in [1.165, 1.54) is 4.90 Å². The van der Waals surface area contributed by atoms with Gasteiger partial charge in [0.2, 0.25) is 0 Å². The molecule has 2 saturated heterocycles. The quantitative estimate of drug-likeness (QED) is 0.247. The number of hydrogen-bond acceptors (Lipinski definition) is 8. The average Bonchev–Trinajstić information content (AvgIpc) is 3.32. The minimum atomic E-state index is -0.766. The number of nitrogens with one attached hydrogen (secondary N) is 1. The van der Waals surface area contributed by atoms with Crippen molar-refractivity contribution < 1.29 is 29.0 Å². The Bertz CT molecular complexity index is 1170. The number of rotatable bonds is 8. The Morgan fingerprint density at radius 1 is 1.19 bits per heavy atom. The maximum atomic E-state index is 13.3. The summed E-state index contributed by atoms with van der Waals surface area (Å²) in [5, 5.41) is 11.4. The van der Waals surface area contributed by atoms with Crippen molar-refractivity contribution in [2.24, 2.45) is 0 Å². The smallest absolute Gasteiger partial charge is 0.355 e. The zero-order valence-electron chi connectivity index (χ0n) is 20.9. The van der Waals surface area contributed by atoms with Crippen LogP contribution in [0.25, 0.3) is 5.76 Å². The van der Waals surface area contributed by atoms with Gasteiger partial charge in [-0.2, -0.15) is 0 Å². The van der Waals surface area contributed by atoms with Gasteiger partial charge in [-0.3, -0.25) is 19.5 Å². The van der Waals surface area contributed by atoms with Gasteiger partial charge < -0.3 is 24.5 Å². The molecule has 0 unspecified atom stereocenters. The first kappa shape index (κ1) is 25.6. The zero-order chi connectivity index (χ0) is 25.8. The lowest BCUT2D eigenvalue weighted by Crippen LogP contribution is -2.38. The maximum Gasteiger partial charge on any atom is 0.355 e. The maximum absolute atomic E-state index is 13.3. The van der Waals surface area contributed by atoms with Crippen LogP contribution in [0.15, 0.2) is 30.1 Å². The summed E-state index contributed by atoms with van der Waals surface area (Å²) in [6.07, 6.45) is 3.85. The third-order valence-corrected chi connectivity index (χ3v) is 6.69. The molecule has 1 atom stereocenters. The van der Waals surface area contributed by atoms with Crippen LogP contribution in [-0.2, 0) is 19.1 Å². The lowest BCUT2D eigenvalue weighted by molar-refractivity contribution is -0.140. The highest BCUT2D eigenvalue weighted by atomic mass is 16.5. The van der Waals surface area contributed by atoms with Crippen LogP contribution in [0.4, 0.5) is 0 Å². The number of pyridine rings is 1. The first-order valence-corrected chi connectivity index (χ1v) is 12.2. The predicted octanol–water partition coefficient (Wildman–Crippen LogP) is 2.35. The van der Waals surface area contributed by atoms with Crippen LogP contribution >= 0.6 is 0 Å². The number of carbonyl (C=O) groups excluding carboxylic acids is 3. The van der Waals surface area contributed by atoms with Crippen molar-refractivity contribution >= 4 is 23.4 Å². The molecule has 0 spiro atoms. The number of aliphatic hydroxyl groups excluding tert-OH is 1. The molecule has 0 saturated carbocycles. The number of H-pyrrole nitrogens is 1. The highest BCUT2D eigenvalue weighted by Gasteiger charge is 2.46. The Morgan fingerprint density at radius 2 is 1.89 bits per heavy atom. The standard InChI is InChI=1S/C26H32N4O6/c1-4-36-26(34)21-16(2)19(17(3)28-21)23(31)20-22(18-6-8-27-9-7-18)30(25(33)24(20)32)11-5-10-29-12-14-35-15-13-29/h6-9,22,28,31H,4-5,10-15H2,1-3H3/b23-20+/t22-/m0/s1. The van der Waals surface area contributed by atoms with E-state index in [0.717, 1.165) is 19.6 Å². The number of amides is 1. The lowest BCUT2D eigenvalue weighted by Gasteiger charge is -2.29. The molecule has 0 radical (unpaired) electrons. The number of nitrogens with zero attached hydrogens (tertiary/aromatic N) is 3. The number of aryl methyl sites for hydroxylation is 1. The molecule has 2 aliphatic rings. The van der Waals surface area contributed by atoms with Crippen molar-refractivity contribution in [1.29, 1.82) is 0 Å². The highest BCUT2D eigenvalue weighted by molar-refractivity contribution is 6.46. The number of ketones is 1. The Morgan fingerprint density at radius 3 is 2.56 bits per heavy atom. The van der Waals surface area contributed by atoms with Crippen LogP contribution in [0.5, 0.6) is 0 Å². The molecule has 0 aliphatic carbocycles. The largest absolute Gasteiger partial charge is 0.507 e. The van der Waals surface area contributed by atoms with Gasteiger partial charge in [0.1, 0.15) is 11.5 Å². The second-order valence-electron chi connectivity index (χ2n) is 8.93. The van der Waals surface area contributed by atoms with E-state index in [1.807, 2.05) is 0 Å². The van der Waals surface area contributed by atoms with Crippen molar-refractivity contribution in [3.05, 3.63) is 58.2 Å². The molecule has 4 heterocycles. The van der Waals surface area contributed by atoms with Crippen LogP contribution in [0, 0.1) is 13.8 Å². The van der Waals surface area contributed by atoms with Gasteiger partial charge in [-0.1, -0.05) is 0 Å². The van der Waals surface area contributed by atoms with E-state index in [1.54, 1.807) is 45.3 Å². The minimum Gasteiger partial charge on any atom is -0.507 e. The monoisotopic (exact) mass is 496 g/mol. The fourth-order valence-corrected chi connectivity index (χ4v) is 4.94. The molecular formula is C26H32N4O6. The molecule has 10 heteroatoms. The van der Waals surface area contributed by atoms with Crippen LogP contribution in [-0.4, -0.2) is 88.5 Å². The van der Waals surface area contributed by atoms with Crippen LogP contribution in [0.1, 0.15) is 52.3 Å². The van der Waals surface area contributed by atoms with E-state index in [0.29, 0.717) is 48.6 Å². The SMILES string of the molecule is CCOC(=O)c1[nH]c(C)c(/C(O)=C2\C(=O)C(=O)N(CCCN3CCOCC3)[C@H]2c2ccncc2)c1C. The number of likely N-dealkylation sites (tertiary alicyclic amines) is 1. The molecule has 10 nitrogen and oxygen atoms in total. The third-order valence-electron chi connectivity index (χ3n) is 6.69. The van der Waals surface area contributed by atoms with Gasteiger partial charge >= 0.3 is 5.97 Å². The van der Waals surface area contributed by atoms with Crippen molar-refractivity contribution in [2.45, 2.75) is 33.2 Å². The highest BCUT2D eigenvalue weighted by Crippen LogP contribution is 2.40. The number of carbonyl (C=O) groups is 3. The summed E-state index contributed by atoms with van der Waals surface area (Å²) < 4.78 is 10.5. The van der Waals surface area contributed by atoms with Crippen molar-refractivity contribution in [3.8, 4) is 0 Å². The molecule has 1 amide bonds. The first-order chi connectivity index (χ1) is 17.3. The number of esters is 1. The summed E-state index contributed by atoms with van der Waals surface area (Å²) in [6, 6.07) is 2.71. The fraction of sp³-hybridized carbons (Fsp3) is 0.462. The second-order valence-corrected chi connectivity index (χ2v) is 8.93. The van der Waals surface area contributed by atoms with E-state index in [-0.39, 0.29) is 23.6 Å². The number of ether oxygens (including phenoxy) is 2. The minimum absolute atomic E-state index is 0.00168. The number of morpholine rings is 1. The Hall–Kier alpha value is -3.50. The predicted molar refractivity (Wildman–Crippen MR) is 131 cm³/mol. The third kappa shape index (κ3) is 4.91. The van der Waals surface area contributed by atoms with E-state index < -0.39 is 23.7 Å². The summed E-state index contributed by atoms with van der Waals surface area (Å²) in [4.78, 5) is 49.7. The van der Waals surface area contributed by atoms with E-state index in [4.69, 9.17) is 9.47 Å². The summed E-state index contributed by atoms with van der Waals surface area (Å²) in [7, 11) is 0. The normalized spacial score (nSPS) is 20.2. The van der Waals surface area contributed by atoms with Crippen LogP contribution < -0.4 is 0 Å². The summed E-state index contributed by atoms with van der Waals surface area (Å²) in [5.41, 5.74) is 2.15. The number of aliphatic hydroxyl groups is 1. The van der Waals surface area contributed by atoms with Gasteiger partial charge in [0.25, 0.3) is 11.7 Å². The number of Topliss-reactive ketones (excluding diaryl/α,β-unsaturated/α-hetero) is 1. The van der Waals surface area contributed by atoms with Crippen LogP contribution in [0.2, 0.25) is 0 Å². The molecule has 2 aromatic rings. The van der Waals surface area contributed by atoms with Crippen LogP contribution in [0.3, 0.4) is 0 Å². The number of aromatic nitrogens is 2. The van der Waals surface area contributed by atoms with Gasteiger partial charge in [-0.05, 0) is 50.5 Å². The molecule has 0 bridgehead atoms. The molecule has 2 N–H and O–H groups in total. The van der Waals surface area contributed by atoms with Gasteiger partial charge in [-0.25, -0.2) is 4.79 Å². The molecule has 2 fully saturated rings. The molecule has 4 rings (SSSR count). The molecule has 0 aromatic carbocycles. The van der Waals surface area contributed by atoms with Gasteiger partial charge in [0.15, 0.2) is 0 Å². The van der Waals surface area contributed by atoms with E-state index in [2.05, 4.69) is 14.9 Å². The van der Waals surface area contributed by atoms with Gasteiger partial charge in [0, 0.05) is 49.8 Å². The molecule has 192 valence electrons. The number of aromatic amines is 1. The zero-order valence-corrected chi connectivity index (χ0v) is 20.9. The van der Waals surface area contributed by atoms with Crippen molar-refractivity contribution in [1.82, 2.24) is 19.8 Å². The van der Waals surface area contributed by atoms with E-state index >= 15 is 0 Å². The summed E-state index contributed by atoms with van der Waals surface area (Å²) >= 11 is 0. The first-order valence-electron chi connectivity index (χ1n) is 12.2. The summed E-state index contributed by atoms with van der Waals surface area (Å²) in [6.45, 7) is 9.45. The van der Waals surface area contributed by atoms with E-state index in [9.17, 15) is 19.5 Å². The Labute approximate surface area is 209 Å². The average molecular weight is 497 g/mol. The summed E-state index contributed by atoms with van der Waals surface area (Å²) in [5.74, 6) is -2.27. The van der Waals surface area contributed by atoms with Gasteiger partial charge in [-0.15, -0.1) is 0 Å². The lowest BCUT2D eigenvalue weighted by atomic mass is 9.94. The Kier molecular flexibility index (Phi) is 7.85. The number of hydrogen-bond donors (Lipinski definition) is 2. The molecular weight excluding hydrogens is 464 g/mol. The molecule has 2 aromatic heterocycles. The second kappa shape index (κ2) is 11.0. The topological polar surface area (TPSA) is 125 Å². The van der Waals surface area contributed by atoms with Gasteiger partial charge in [0.05, 0.1) is 31.4 Å². The molecule has 36 heavy (non-hydrogen) atoms.